The van der Waals surface area contributed by atoms with Crippen LogP contribution in [0.5, 0.6) is 0 Å². The van der Waals surface area contributed by atoms with Gasteiger partial charge >= 0.3 is 0 Å². The second-order valence-corrected chi connectivity index (χ2v) is 6.55. The first-order valence-electron chi connectivity index (χ1n) is 8.53. The summed E-state index contributed by atoms with van der Waals surface area (Å²) in [4.78, 5) is 20.8. The predicted octanol–water partition coefficient (Wildman–Crippen LogP) is 2.03. The lowest BCUT2D eigenvalue weighted by molar-refractivity contribution is -0.130. The zero-order valence-corrected chi connectivity index (χ0v) is 14.4. The van der Waals surface area contributed by atoms with Crippen molar-refractivity contribution in [3.05, 3.63) is 42.0 Å². The van der Waals surface area contributed by atoms with Crippen molar-refractivity contribution in [2.75, 3.05) is 31.6 Å². The highest BCUT2D eigenvalue weighted by Crippen LogP contribution is 2.24. The molecule has 1 aliphatic heterocycles. The van der Waals surface area contributed by atoms with Gasteiger partial charge in [0.15, 0.2) is 5.82 Å². The number of aromatic amines is 1. The van der Waals surface area contributed by atoms with E-state index < -0.39 is 0 Å². The second-order valence-electron chi connectivity index (χ2n) is 6.55. The molecule has 24 heavy (non-hydrogen) atoms. The van der Waals surface area contributed by atoms with Crippen molar-refractivity contribution in [1.29, 1.82) is 0 Å². The minimum absolute atomic E-state index is 0.163. The van der Waals surface area contributed by atoms with Gasteiger partial charge < -0.3 is 9.80 Å². The lowest BCUT2D eigenvalue weighted by atomic mass is 10.1. The Balaban J connectivity index is 1.44. The van der Waals surface area contributed by atoms with E-state index in [4.69, 9.17) is 0 Å². The fourth-order valence-electron chi connectivity index (χ4n) is 3.25. The summed E-state index contributed by atoms with van der Waals surface area (Å²) in [6.45, 7) is 4.76. The Labute approximate surface area is 142 Å². The molecule has 1 N–H and O–H groups in total. The fraction of sp³-hybridized carbons (Fsp3) is 0.500. The van der Waals surface area contributed by atoms with Gasteiger partial charge in [-0.2, -0.15) is 5.10 Å². The molecular weight excluding hydrogens is 302 g/mol. The molecule has 0 unspecified atom stereocenters. The molecule has 1 aromatic heterocycles. The summed E-state index contributed by atoms with van der Waals surface area (Å²) in [7, 11) is 1.90. The Morgan fingerprint density at radius 2 is 2.17 bits per heavy atom. The number of carbonyl (C=O) groups is 1. The first-order valence-corrected chi connectivity index (χ1v) is 8.53. The molecular formula is C18H25N5O. The van der Waals surface area contributed by atoms with E-state index in [9.17, 15) is 4.79 Å². The molecule has 1 saturated heterocycles. The van der Waals surface area contributed by atoms with Crippen LogP contribution in [-0.4, -0.2) is 52.7 Å². The number of para-hydroxylation sites is 1. The van der Waals surface area contributed by atoms with Gasteiger partial charge in [-0.15, -0.1) is 0 Å². The SMILES string of the molecule is Cc1nc(CCC(=O)N(C)C[C@H]2CCN(c3ccccc3)C2)n[nH]1. The summed E-state index contributed by atoms with van der Waals surface area (Å²) in [5.74, 6) is 2.20. The third-order valence-electron chi connectivity index (χ3n) is 4.57. The van der Waals surface area contributed by atoms with Crippen LogP contribution in [0.3, 0.4) is 0 Å². The highest BCUT2D eigenvalue weighted by molar-refractivity contribution is 5.76. The molecule has 0 saturated carbocycles. The van der Waals surface area contributed by atoms with Crippen LogP contribution in [0, 0.1) is 12.8 Å². The molecule has 1 aromatic carbocycles. The average molecular weight is 327 g/mol. The van der Waals surface area contributed by atoms with Gasteiger partial charge in [0.25, 0.3) is 0 Å². The van der Waals surface area contributed by atoms with Gasteiger partial charge in [-0.25, -0.2) is 4.98 Å². The van der Waals surface area contributed by atoms with E-state index in [1.54, 1.807) is 0 Å². The molecule has 1 atom stereocenters. The van der Waals surface area contributed by atoms with Crippen molar-refractivity contribution >= 4 is 11.6 Å². The maximum absolute atomic E-state index is 12.3. The number of nitrogens with zero attached hydrogens (tertiary/aromatic N) is 4. The molecule has 0 aliphatic carbocycles. The zero-order valence-electron chi connectivity index (χ0n) is 14.4. The highest BCUT2D eigenvalue weighted by atomic mass is 16.2. The summed E-state index contributed by atoms with van der Waals surface area (Å²) >= 11 is 0. The third-order valence-corrected chi connectivity index (χ3v) is 4.57. The van der Waals surface area contributed by atoms with E-state index in [1.807, 2.05) is 24.9 Å². The van der Waals surface area contributed by atoms with Crippen molar-refractivity contribution in [2.45, 2.75) is 26.2 Å². The number of rotatable bonds is 6. The number of carbonyl (C=O) groups excluding carboxylic acids is 1. The molecule has 0 spiro atoms. The van der Waals surface area contributed by atoms with Crippen LogP contribution in [0.15, 0.2) is 30.3 Å². The number of anilines is 1. The molecule has 6 nitrogen and oxygen atoms in total. The Hall–Kier alpha value is -2.37. The van der Waals surface area contributed by atoms with Crippen molar-refractivity contribution < 1.29 is 4.79 Å². The molecule has 1 amide bonds. The number of amides is 1. The quantitative estimate of drug-likeness (QED) is 0.882. The van der Waals surface area contributed by atoms with Gasteiger partial charge in [0.1, 0.15) is 5.82 Å². The van der Waals surface area contributed by atoms with E-state index in [0.717, 1.165) is 31.9 Å². The smallest absolute Gasteiger partial charge is 0.222 e. The second kappa shape index (κ2) is 7.47. The van der Waals surface area contributed by atoms with Crippen LogP contribution < -0.4 is 4.90 Å². The van der Waals surface area contributed by atoms with E-state index in [2.05, 4.69) is 44.3 Å². The predicted molar refractivity (Wildman–Crippen MR) is 93.8 cm³/mol. The molecule has 1 fully saturated rings. The van der Waals surface area contributed by atoms with Gasteiger partial charge in [0, 0.05) is 45.2 Å². The minimum atomic E-state index is 0.163. The Morgan fingerprint density at radius 3 is 2.88 bits per heavy atom. The number of H-pyrrole nitrogens is 1. The van der Waals surface area contributed by atoms with Gasteiger partial charge in [-0.3, -0.25) is 9.89 Å². The highest BCUT2D eigenvalue weighted by Gasteiger charge is 2.25. The standard InChI is InChI=1S/C18H25N5O/c1-14-19-17(21-20-14)8-9-18(24)22(2)12-15-10-11-23(13-15)16-6-4-3-5-7-16/h3-7,15H,8-13H2,1-2H3,(H,19,20,21)/t15-/m1/s1. The van der Waals surface area contributed by atoms with E-state index in [-0.39, 0.29) is 5.91 Å². The van der Waals surface area contributed by atoms with Crippen molar-refractivity contribution in [3.8, 4) is 0 Å². The number of benzene rings is 1. The first-order chi connectivity index (χ1) is 11.6. The zero-order chi connectivity index (χ0) is 16.9. The topological polar surface area (TPSA) is 65.1 Å². The minimum Gasteiger partial charge on any atom is -0.371 e. The Kier molecular flexibility index (Phi) is 5.13. The van der Waals surface area contributed by atoms with Gasteiger partial charge in [-0.05, 0) is 31.4 Å². The number of aryl methyl sites for hydroxylation is 2. The molecule has 0 bridgehead atoms. The molecule has 1 aliphatic rings. The largest absolute Gasteiger partial charge is 0.371 e. The summed E-state index contributed by atoms with van der Waals surface area (Å²) in [5.41, 5.74) is 1.27. The molecule has 0 radical (unpaired) electrons. The molecule has 128 valence electrons. The van der Waals surface area contributed by atoms with Crippen LogP contribution in [-0.2, 0) is 11.2 Å². The average Bonchev–Trinajstić information content (AvgIpc) is 3.22. The van der Waals surface area contributed by atoms with Crippen LogP contribution in [0.2, 0.25) is 0 Å². The summed E-state index contributed by atoms with van der Waals surface area (Å²) in [5, 5.41) is 6.89. The number of aromatic nitrogens is 3. The molecule has 2 heterocycles. The Bertz CT molecular complexity index is 669. The van der Waals surface area contributed by atoms with E-state index in [1.165, 1.54) is 5.69 Å². The molecule has 2 aromatic rings. The molecule has 3 rings (SSSR count). The van der Waals surface area contributed by atoms with Gasteiger partial charge in [-0.1, -0.05) is 18.2 Å². The summed E-state index contributed by atoms with van der Waals surface area (Å²) in [6, 6.07) is 10.5. The van der Waals surface area contributed by atoms with Crippen LogP contribution in [0.1, 0.15) is 24.5 Å². The molecule has 6 heteroatoms. The van der Waals surface area contributed by atoms with Crippen molar-refractivity contribution in [1.82, 2.24) is 20.1 Å². The third kappa shape index (κ3) is 4.13. The normalized spacial score (nSPS) is 17.2. The Morgan fingerprint density at radius 1 is 1.38 bits per heavy atom. The maximum Gasteiger partial charge on any atom is 0.222 e. The van der Waals surface area contributed by atoms with Crippen molar-refractivity contribution in [2.24, 2.45) is 5.92 Å². The summed E-state index contributed by atoms with van der Waals surface area (Å²) in [6.07, 6.45) is 2.18. The lowest BCUT2D eigenvalue weighted by Crippen LogP contribution is -2.33. The van der Waals surface area contributed by atoms with Crippen LogP contribution in [0.4, 0.5) is 5.69 Å². The van der Waals surface area contributed by atoms with Gasteiger partial charge in [0.2, 0.25) is 5.91 Å². The van der Waals surface area contributed by atoms with Crippen LogP contribution >= 0.6 is 0 Å². The number of hydrogen-bond acceptors (Lipinski definition) is 4. The number of hydrogen-bond donors (Lipinski definition) is 1. The van der Waals surface area contributed by atoms with Crippen molar-refractivity contribution in [3.63, 3.8) is 0 Å². The van der Waals surface area contributed by atoms with Gasteiger partial charge in [0.05, 0.1) is 0 Å². The van der Waals surface area contributed by atoms with E-state index in [0.29, 0.717) is 24.6 Å². The van der Waals surface area contributed by atoms with E-state index >= 15 is 0 Å². The number of nitrogens with one attached hydrogen (secondary N) is 1. The first kappa shape index (κ1) is 16.5. The monoisotopic (exact) mass is 327 g/mol. The van der Waals surface area contributed by atoms with Crippen LogP contribution in [0.25, 0.3) is 0 Å². The lowest BCUT2D eigenvalue weighted by Gasteiger charge is -2.22. The summed E-state index contributed by atoms with van der Waals surface area (Å²) < 4.78 is 0. The fourth-order valence-corrected chi connectivity index (χ4v) is 3.25. The maximum atomic E-state index is 12.3.